The summed E-state index contributed by atoms with van der Waals surface area (Å²) < 4.78 is 1.10. The summed E-state index contributed by atoms with van der Waals surface area (Å²) in [5.74, 6) is 2.44. The highest BCUT2D eigenvalue weighted by atomic mass is 79.9. The number of nitrogens with zero attached hydrogens (tertiary/aromatic N) is 2. The van der Waals surface area contributed by atoms with E-state index in [1.807, 2.05) is 24.2 Å². The number of hydrogen-bond acceptors (Lipinski definition) is 3. The van der Waals surface area contributed by atoms with Crippen LogP contribution in [-0.4, -0.2) is 29.1 Å². The van der Waals surface area contributed by atoms with E-state index in [1.165, 1.54) is 17.2 Å². The van der Waals surface area contributed by atoms with Crippen molar-refractivity contribution in [3.8, 4) is 0 Å². The monoisotopic (exact) mass is 272 g/mol. The van der Waals surface area contributed by atoms with Crippen molar-refractivity contribution in [1.29, 1.82) is 0 Å². The molecular formula is C10H13BrN2S. The third-order valence-electron chi connectivity index (χ3n) is 2.43. The average Bonchev–Trinajstić information content (AvgIpc) is 2.20. The Hall–Kier alpha value is -0.220. The molecule has 2 nitrogen and oxygen atoms in total. The molecule has 1 unspecified atom stereocenters. The maximum Gasteiger partial charge on any atom is 0.0592 e. The summed E-state index contributed by atoms with van der Waals surface area (Å²) in [4.78, 5) is 6.53. The Kier molecular flexibility index (Phi) is 3.34. The number of hydrogen-bond donors (Lipinski definition) is 0. The van der Waals surface area contributed by atoms with E-state index in [9.17, 15) is 0 Å². The molecule has 76 valence electrons. The SMILES string of the molecule is CC1CSCCN1c1ccncc1Br. The molecule has 2 heterocycles. The summed E-state index contributed by atoms with van der Waals surface area (Å²) >= 11 is 5.58. The molecule has 1 aliphatic heterocycles. The predicted octanol–water partition coefficient (Wildman–Crippen LogP) is 2.79. The van der Waals surface area contributed by atoms with Gasteiger partial charge in [0.25, 0.3) is 0 Å². The van der Waals surface area contributed by atoms with Gasteiger partial charge >= 0.3 is 0 Å². The minimum absolute atomic E-state index is 0.618. The van der Waals surface area contributed by atoms with Crippen LogP contribution >= 0.6 is 27.7 Å². The fourth-order valence-corrected chi connectivity index (χ4v) is 3.18. The first-order chi connectivity index (χ1) is 6.79. The van der Waals surface area contributed by atoms with Crippen LogP contribution in [0.15, 0.2) is 22.9 Å². The molecule has 4 heteroatoms. The van der Waals surface area contributed by atoms with E-state index in [0.717, 1.165) is 11.0 Å². The standard InChI is InChI=1S/C10H13BrN2S/c1-8-7-14-5-4-13(8)10-2-3-12-6-9(10)11/h2-3,6,8H,4-5,7H2,1H3. The molecule has 0 bridgehead atoms. The Labute approximate surface area is 97.2 Å². The van der Waals surface area contributed by atoms with Crippen LogP contribution in [0.1, 0.15) is 6.92 Å². The van der Waals surface area contributed by atoms with Gasteiger partial charge in [0.2, 0.25) is 0 Å². The first kappa shape index (κ1) is 10.3. The fraction of sp³-hybridized carbons (Fsp3) is 0.500. The Balaban J connectivity index is 2.25. The van der Waals surface area contributed by atoms with Crippen LogP contribution in [0, 0.1) is 0 Å². The molecule has 1 aromatic rings. The van der Waals surface area contributed by atoms with Gasteiger partial charge in [-0.2, -0.15) is 11.8 Å². The quantitative estimate of drug-likeness (QED) is 0.782. The van der Waals surface area contributed by atoms with Gasteiger partial charge in [0.15, 0.2) is 0 Å². The van der Waals surface area contributed by atoms with E-state index in [4.69, 9.17) is 0 Å². The van der Waals surface area contributed by atoms with Gasteiger partial charge in [0, 0.05) is 36.5 Å². The van der Waals surface area contributed by atoms with Gasteiger partial charge in [-0.25, -0.2) is 0 Å². The first-order valence-corrected chi connectivity index (χ1v) is 6.67. The Morgan fingerprint density at radius 1 is 1.64 bits per heavy atom. The molecule has 0 aromatic carbocycles. The largest absolute Gasteiger partial charge is 0.366 e. The molecule has 1 aliphatic rings. The van der Waals surface area contributed by atoms with Gasteiger partial charge in [-0.15, -0.1) is 0 Å². The zero-order chi connectivity index (χ0) is 9.97. The molecule has 1 aromatic heterocycles. The Morgan fingerprint density at radius 3 is 3.21 bits per heavy atom. The molecule has 0 saturated carbocycles. The van der Waals surface area contributed by atoms with E-state index in [-0.39, 0.29) is 0 Å². The molecule has 0 radical (unpaired) electrons. The van der Waals surface area contributed by atoms with Crippen LogP contribution in [0.5, 0.6) is 0 Å². The molecule has 2 rings (SSSR count). The van der Waals surface area contributed by atoms with Gasteiger partial charge in [-0.1, -0.05) is 0 Å². The number of rotatable bonds is 1. The lowest BCUT2D eigenvalue weighted by Gasteiger charge is -2.35. The summed E-state index contributed by atoms with van der Waals surface area (Å²) in [6.07, 6.45) is 3.72. The van der Waals surface area contributed by atoms with Crippen molar-refractivity contribution in [2.24, 2.45) is 0 Å². The summed E-state index contributed by atoms with van der Waals surface area (Å²) in [6.45, 7) is 3.41. The van der Waals surface area contributed by atoms with Gasteiger partial charge in [-0.05, 0) is 28.9 Å². The lowest BCUT2D eigenvalue weighted by atomic mass is 10.2. The van der Waals surface area contributed by atoms with Crippen molar-refractivity contribution in [2.75, 3.05) is 23.0 Å². The second kappa shape index (κ2) is 4.53. The molecule has 0 aliphatic carbocycles. The summed E-state index contributed by atoms with van der Waals surface area (Å²) in [7, 11) is 0. The number of aromatic nitrogens is 1. The van der Waals surface area contributed by atoms with E-state index in [1.54, 1.807) is 0 Å². The van der Waals surface area contributed by atoms with Gasteiger partial charge in [0.05, 0.1) is 10.2 Å². The minimum Gasteiger partial charge on any atom is -0.366 e. The van der Waals surface area contributed by atoms with Crippen molar-refractivity contribution in [3.63, 3.8) is 0 Å². The topological polar surface area (TPSA) is 16.1 Å². The van der Waals surface area contributed by atoms with Crippen molar-refractivity contribution >= 4 is 33.4 Å². The molecule has 1 fully saturated rings. The highest BCUT2D eigenvalue weighted by Gasteiger charge is 2.20. The highest BCUT2D eigenvalue weighted by molar-refractivity contribution is 9.10. The number of pyridine rings is 1. The smallest absolute Gasteiger partial charge is 0.0592 e. The van der Waals surface area contributed by atoms with Gasteiger partial charge in [-0.3, -0.25) is 4.98 Å². The van der Waals surface area contributed by atoms with Crippen molar-refractivity contribution < 1.29 is 0 Å². The van der Waals surface area contributed by atoms with E-state index in [2.05, 4.69) is 38.8 Å². The molecule has 0 amide bonds. The molecular weight excluding hydrogens is 260 g/mol. The summed E-state index contributed by atoms with van der Waals surface area (Å²) in [5, 5.41) is 0. The van der Waals surface area contributed by atoms with Crippen LogP contribution in [0.3, 0.4) is 0 Å². The highest BCUT2D eigenvalue weighted by Crippen LogP contribution is 2.29. The molecule has 0 spiro atoms. The fourth-order valence-electron chi connectivity index (χ4n) is 1.69. The van der Waals surface area contributed by atoms with Crippen molar-refractivity contribution in [2.45, 2.75) is 13.0 Å². The summed E-state index contributed by atoms with van der Waals surface area (Å²) in [5.41, 5.74) is 1.27. The minimum atomic E-state index is 0.618. The van der Waals surface area contributed by atoms with Crippen LogP contribution in [-0.2, 0) is 0 Å². The number of anilines is 1. The third-order valence-corrected chi connectivity index (χ3v) is 4.23. The third kappa shape index (κ3) is 2.06. The maximum absolute atomic E-state index is 4.09. The molecule has 14 heavy (non-hydrogen) atoms. The normalized spacial score (nSPS) is 22.4. The van der Waals surface area contributed by atoms with E-state index >= 15 is 0 Å². The first-order valence-electron chi connectivity index (χ1n) is 4.73. The second-order valence-corrected chi connectivity index (χ2v) is 5.45. The van der Waals surface area contributed by atoms with Crippen LogP contribution in [0.4, 0.5) is 5.69 Å². The zero-order valence-electron chi connectivity index (χ0n) is 8.11. The maximum atomic E-state index is 4.09. The second-order valence-electron chi connectivity index (χ2n) is 3.44. The number of thioether (sulfide) groups is 1. The van der Waals surface area contributed by atoms with Gasteiger partial charge < -0.3 is 4.90 Å². The Morgan fingerprint density at radius 2 is 2.50 bits per heavy atom. The van der Waals surface area contributed by atoms with Gasteiger partial charge in [0.1, 0.15) is 0 Å². The zero-order valence-corrected chi connectivity index (χ0v) is 10.5. The van der Waals surface area contributed by atoms with Crippen molar-refractivity contribution in [1.82, 2.24) is 4.98 Å². The van der Waals surface area contributed by atoms with Crippen LogP contribution in [0.25, 0.3) is 0 Å². The lowest BCUT2D eigenvalue weighted by molar-refractivity contribution is 0.698. The number of halogens is 1. The van der Waals surface area contributed by atoms with Crippen LogP contribution < -0.4 is 4.90 Å². The van der Waals surface area contributed by atoms with E-state index in [0.29, 0.717) is 6.04 Å². The Bertz CT molecular complexity index is 319. The summed E-state index contributed by atoms with van der Waals surface area (Å²) in [6, 6.07) is 2.70. The predicted molar refractivity (Wildman–Crippen MR) is 66.1 cm³/mol. The van der Waals surface area contributed by atoms with Crippen molar-refractivity contribution in [3.05, 3.63) is 22.9 Å². The average molecular weight is 273 g/mol. The molecule has 1 saturated heterocycles. The van der Waals surface area contributed by atoms with Crippen LogP contribution in [0.2, 0.25) is 0 Å². The lowest BCUT2D eigenvalue weighted by Crippen LogP contribution is -2.40. The molecule has 0 N–H and O–H groups in total. The van der Waals surface area contributed by atoms with E-state index < -0.39 is 0 Å². The molecule has 1 atom stereocenters.